The number of nitrogens with zero attached hydrogens (tertiary/aromatic N) is 7. The van der Waals surface area contributed by atoms with E-state index in [1.54, 1.807) is 6.21 Å². The number of carbonyl (C=O) groups is 3. The molecule has 3 aliphatic rings. The zero-order chi connectivity index (χ0) is 19.7. The van der Waals surface area contributed by atoms with Crippen molar-refractivity contribution in [2.45, 2.75) is 31.3 Å². The van der Waals surface area contributed by atoms with Gasteiger partial charge in [0.2, 0.25) is 5.91 Å². The fourth-order valence-corrected chi connectivity index (χ4v) is 5.45. The van der Waals surface area contributed by atoms with Crippen LogP contribution in [0.1, 0.15) is 13.3 Å². The Labute approximate surface area is 168 Å². The van der Waals surface area contributed by atoms with Crippen molar-refractivity contribution >= 4 is 52.4 Å². The van der Waals surface area contributed by atoms with E-state index in [1.165, 1.54) is 46.4 Å². The molecule has 3 aliphatic heterocycles. The zero-order valence-corrected chi connectivity index (χ0v) is 16.4. The Hall–Kier alpha value is -2.54. The van der Waals surface area contributed by atoms with Crippen molar-refractivity contribution in [3.8, 4) is 0 Å². The SMILES string of the molecule is CC(=O)C1=C(CSC2=NN=CC2)CSC2C(NC(=O)Cn3cnnn3)C(=O)N12. The standard InChI is InChI=1S/C15H16N8O3S2/c1-8(24)13-9(5-27-11-2-3-16-19-11)6-28-15-12(14(26)23(13)15)18-10(25)4-22-7-17-20-21-22/h3,7,12,15H,2,4-6H2,1H3,(H,18,25). The molecule has 28 heavy (non-hydrogen) atoms. The van der Waals surface area contributed by atoms with Crippen molar-refractivity contribution < 1.29 is 14.4 Å². The van der Waals surface area contributed by atoms with Crippen molar-refractivity contribution in [2.24, 2.45) is 10.2 Å². The lowest BCUT2D eigenvalue weighted by molar-refractivity contribution is -0.147. The third-order valence-corrected chi connectivity index (χ3v) is 6.74. The summed E-state index contributed by atoms with van der Waals surface area (Å²) >= 11 is 3.06. The third-order valence-electron chi connectivity index (χ3n) is 4.32. The second kappa shape index (κ2) is 7.83. The molecule has 0 aromatic carbocycles. The maximum Gasteiger partial charge on any atom is 0.253 e. The number of aromatic nitrogens is 4. The normalized spacial score (nSPS) is 23.4. The lowest BCUT2D eigenvalue weighted by Gasteiger charge is -2.50. The number of hydrogen-bond acceptors (Lipinski definition) is 10. The number of rotatable bonds is 6. The molecule has 1 saturated heterocycles. The van der Waals surface area contributed by atoms with Crippen molar-refractivity contribution in [3.63, 3.8) is 0 Å². The first kappa shape index (κ1) is 18.8. The van der Waals surface area contributed by atoms with Crippen LogP contribution in [0.25, 0.3) is 0 Å². The lowest BCUT2D eigenvalue weighted by Crippen LogP contribution is -2.70. The minimum Gasteiger partial charge on any atom is -0.340 e. The average molecular weight is 420 g/mol. The summed E-state index contributed by atoms with van der Waals surface area (Å²) in [5.41, 5.74) is 1.34. The van der Waals surface area contributed by atoms with E-state index in [1.807, 2.05) is 0 Å². The number of amides is 2. The largest absolute Gasteiger partial charge is 0.340 e. The summed E-state index contributed by atoms with van der Waals surface area (Å²) in [5, 5.41) is 21.7. The highest BCUT2D eigenvalue weighted by Crippen LogP contribution is 2.41. The summed E-state index contributed by atoms with van der Waals surface area (Å²) in [6.07, 6.45) is 3.75. The maximum absolute atomic E-state index is 12.7. The Morgan fingerprint density at radius 2 is 2.29 bits per heavy atom. The van der Waals surface area contributed by atoms with Gasteiger partial charge in [0.25, 0.3) is 5.91 Å². The minimum atomic E-state index is -0.662. The molecule has 13 heteroatoms. The highest BCUT2D eigenvalue weighted by atomic mass is 32.2. The third kappa shape index (κ3) is 3.58. The number of Topliss-reactive ketones (excluding diaryl/α,β-unsaturated/α-hetero) is 1. The van der Waals surface area contributed by atoms with Crippen LogP contribution in [0.4, 0.5) is 0 Å². The van der Waals surface area contributed by atoms with Crippen molar-refractivity contribution in [1.82, 2.24) is 30.4 Å². The molecule has 11 nitrogen and oxygen atoms in total. The van der Waals surface area contributed by atoms with Gasteiger partial charge in [0.15, 0.2) is 5.78 Å². The summed E-state index contributed by atoms with van der Waals surface area (Å²) < 4.78 is 1.27. The maximum atomic E-state index is 12.7. The van der Waals surface area contributed by atoms with Crippen LogP contribution in [0.3, 0.4) is 0 Å². The van der Waals surface area contributed by atoms with Gasteiger partial charge < -0.3 is 5.32 Å². The van der Waals surface area contributed by atoms with E-state index in [4.69, 9.17) is 0 Å². The summed E-state index contributed by atoms with van der Waals surface area (Å²) in [7, 11) is 0. The van der Waals surface area contributed by atoms with Crippen LogP contribution < -0.4 is 5.32 Å². The van der Waals surface area contributed by atoms with Gasteiger partial charge in [0.05, 0.1) is 5.70 Å². The van der Waals surface area contributed by atoms with Crippen molar-refractivity contribution in [2.75, 3.05) is 11.5 Å². The Morgan fingerprint density at radius 1 is 1.43 bits per heavy atom. The summed E-state index contributed by atoms with van der Waals surface area (Å²) in [5.74, 6) is 0.398. The number of ketones is 1. The number of nitrogens with one attached hydrogen (secondary N) is 1. The average Bonchev–Trinajstić information content (AvgIpc) is 3.37. The lowest BCUT2D eigenvalue weighted by atomic mass is 10.0. The van der Waals surface area contributed by atoms with Crippen LogP contribution >= 0.6 is 23.5 Å². The Kier molecular flexibility index (Phi) is 5.26. The topological polar surface area (TPSA) is 135 Å². The van der Waals surface area contributed by atoms with E-state index in [0.717, 1.165) is 10.6 Å². The van der Waals surface area contributed by atoms with E-state index >= 15 is 0 Å². The smallest absolute Gasteiger partial charge is 0.253 e. The quantitative estimate of drug-likeness (QED) is 0.605. The van der Waals surface area contributed by atoms with Crippen LogP contribution in [0, 0.1) is 0 Å². The summed E-state index contributed by atoms with van der Waals surface area (Å²) in [6.45, 7) is 1.38. The predicted molar refractivity (Wildman–Crippen MR) is 104 cm³/mol. The molecule has 0 spiro atoms. The number of allylic oxidation sites excluding steroid dienone is 1. The number of tetrazole rings is 1. The monoisotopic (exact) mass is 420 g/mol. The molecular weight excluding hydrogens is 404 g/mol. The molecule has 2 amide bonds. The van der Waals surface area contributed by atoms with Crippen LogP contribution in [-0.4, -0.2) is 76.9 Å². The van der Waals surface area contributed by atoms with Crippen LogP contribution in [0.2, 0.25) is 0 Å². The van der Waals surface area contributed by atoms with Crippen LogP contribution in [0.15, 0.2) is 27.8 Å². The molecule has 0 radical (unpaired) electrons. The molecule has 1 fully saturated rings. The fourth-order valence-electron chi connectivity index (χ4n) is 3.10. The number of thioether (sulfide) groups is 2. The molecule has 1 aromatic heterocycles. The van der Waals surface area contributed by atoms with Gasteiger partial charge in [-0.15, -0.1) is 33.7 Å². The molecule has 146 valence electrons. The Balaban J connectivity index is 1.42. The van der Waals surface area contributed by atoms with Gasteiger partial charge in [-0.1, -0.05) is 0 Å². The molecular formula is C15H16N8O3S2. The Morgan fingerprint density at radius 3 is 2.96 bits per heavy atom. The zero-order valence-electron chi connectivity index (χ0n) is 14.8. The predicted octanol–water partition coefficient (Wildman–Crippen LogP) is -0.563. The first-order valence-electron chi connectivity index (χ1n) is 8.43. The summed E-state index contributed by atoms with van der Waals surface area (Å²) in [6, 6.07) is -0.662. The van der Waals surface area contributed by atoms with Crippen LogP contribution in [0.5, 0.6) is 0 Å². The highest BCUT2D eigenvalue weighted by molar-refractivity contribution is 8.14. The van der Waals surface area contributed by atoms with E-state index in [2.05, 4.69) is 31.0 Å². The molecule has 1 N–H and O–H groups in total. The fraction of sp³-hybridized carbons (Fsp3) is 0.467. The number of hydrogen-bond donors (Lipinski definition) is 1. The summed E-state index contributed by atoms with van der Waals surface area (Å²) in [4.78, 5) is 38.6. The number of β-lactam (4-membered cyclic amide) rings is 1. The minimum absolute atomic E-state index is 0.0738. The van der Waals surface area contributed by atoms with Gasteiger partial charge in [-0.2, -0.15) is 5.10 Å². The van der Waals surface area contributed by atoms with Gasteiger partial charge in [0, 0.05) is 31.1 Å². The van der Waals surface area contributed by atoms with Gasteiger partial charge in [0.1, 0.15) is 29.3 Å². The van der Waals surface area contributed by atoms with Crippen LogP contribution in [-0.2, 0) is 20.9 Å². The van der Waals surface area contributed by atoms with E-state index in [0.29, 0.717) is 23.6 Å². The number of carbonyl (C=O) groups excluding carboxylic acids is 3. The molecule has 1 aromatic rings. The molecule has 0 aliphatic carbocycles. The van der Waals surface area contributed by atoms with E-state index in [-0.39, 0.29) is 29.5 Å². The second-order valence-corrected chi connectivity index (χ2v) is 8.41. The highest BCUT2D eigenvalue weighted by Gasteiger charge is 2.53. The molecule has 2 atom stereocenters. The van der Waals surface area contributed by atoms with Crippen molar-refractivity contribution in [3.05, 3.63) is 17.6 Å². The molecule has 4 rings (SSSR count). The molecule has 0 saturated carbocycles. The van der Waals surface area contributed by atoms with Gasteiger partial charge in [-0.25, -0.2) is 4.68 Å². The molecule has 4 heterocycles. The van der Waals surface area contributed by atoms with E-state index < -0.39 is 6.04 Å². The Bertz CT molecular complexity index is 910. The van der Waals surface area contributed by atoms with Crippen molar-refractivity contribution in [1.29, 1.82) is 0 Å². The van der Waals surface area contributed by atoms with E-state index in [9.17, 15) is 14.4 Å². The molecule has 0 bridgehead atoms. The second-order valence-electron chi connectivity index (χ2n) is 6.26. The first-order chi connectivity index (χ1) is 13.5. The van der Waals surface area contributed by atoms with Gasteiger partial charge in [-0.05, 0) is 16.0 Å². The van der Waals surface area contributed by atoms with Gasteiger partial charge in [-0.3, -0.25) is 19.3 Å². The van der Waals surface area contributed by atoms with Gasteiger partial charge >= 0.3 is 0 Å². The first-order valence-corrected chi connectivity index (χ1v) is 10.5. The molecule has 2 unspecified atom stereocenters. The number of fused-ring (bicyclic) bond motifs is 1.